The van der Waals surface area contributed by atoms with Crippen molar-refractivity contribution in [3.8, 4) is 10.4 Å². The fraction of sp³-hybridized carbons (Fsp3) is 0.419. The molecule has 1 aromatic heterocycles. The second kappa shape index (κ2) is 12.2. The van der Waals surface area contributed by atoms with Gasteiger partial charge in [-0.05, 0) is 63.9 Å². The van der Waals surface area contributed by atoms with Crippen LogP contribution in [0.3, 0.4) is 0 Å². The van der Waals surface area contributed by atoms with Crippen molar-refractivity contribution in [2.24, 2.45) is 5.92 Å². The number of anilines is 3. The number of carboxylic acid groups (broad SMARTS) is 1. The lowest BCUT2D eigenvalue weighted by Crippen LogP contribution is -2.64. The van der Waals surface area contributed by atoms with Crippen molar-refractivity contribution in [1.82, 2.24) is 4.31 Å². The average Bonchev–Trinajstić information content (AvgIpc) is 3.38. The summed E-state index contributed by atoms with van der Waals surface area (Å²) in [6.07, 6.45) is 1.01. The van der Waals surface area contributed by atoms with Crippen molar-refractivity contribution in [2.45, 2.75) is 75.3 Å². The maximum absolute atomic E-state index is 14.4. The number of likely N-dealkylation sites (N-methyl/N-ethyl adjacent to an activating group) is 1. The second-order valence-electron chi connectivity index (χ2n) is 12.3. The van der Waals surface area contributed by atoms with Crippen LogP contribution >= 0.6 is 22.9 Å². The Morgan fingerprint density at radius 1 is 1.09 bits per heavy atom. The van der Waals surface area contributed by atoms with Gasteiger partial charge >= 0.3 is 12.1 Å². The molecule has 2 aliphatic rings. The molecule has 0 saturated heterocycles. The van der Waals surface area contributed by atoms with E-state index < -0.39 is 45.6 Å². The van der Waals surface area contributed by atoms with Crippen LogP contribution in [0, 0.1) is 5.92 Å². The highest BCUT2D eigenvalue weighted by Gasteiger charge is 2.56. The lowest BCUT2D eigenvalue weighted by atomic mass is 9.80. The molecule has 242 valence electrons. The quantitative estimate of drug-likeness (QED) is 0.238. The predicted octanol–water partition coefficient (Wildman–Crippen LogP) is 6.47. The van der Waals surface area contributed by atoms with Gasteiger partial charge in [0.15, 0.2) is 12.0 Å². The normalized spacial score (nSPS) is 22.4. The highest BCUT2D eigenvalue weighted by atomic mass is 35.5. The maximum atomic E-state index is 14.4. The van der Waals surface area contributed by atoms with Crippen LogP contribution < -0.4 is 10.2 Å². The number of carbonyl (C=O) groups is 2. The zero-order valence-corrected chi connectivity index (χ0v) is 27.7. The van der Waals surface area contributed by atoms with Crippen LogP contribution in [0.25, 0.3) is 10.4 Å². The fourth-order valence-corrected chi connectivity index (χ4v) is 8.91. The number of carboxylic acids is 1. The zero-order valence-electron chi connectivity index (χ0n) is 25.3. The number of sulfonamides is 1. The molecule has 1 aliphatic heterocycles. The summed E-state index contributed by atoms with van der Waals surface area (Å²) in [5.41, 5.74) is -2.41. The van der Waals surface area contributed by atoms with Gasteiger partial charge in [0, 0.05) is 29.1 Å². The Bertz CT molecular complexity index is 1720. The number of nitrogens with zero attached hydrogens (tertiary/aromatic N) is 2. The Kier molecular flexibility index (Phi) is 8.99. The molecular formula is C31H36ClN3O8S2. The Hall–Kier alpha value is -3.20. The number of ether oxygens (including phenoxy) is 1. The lowest BCUT2D eigenvalue weighted by molar-refractivity contribution is -0.177. The topological polar surface area (TPSA) is 157 Å². The van der Waals surface area contributed by atoms with Gasteiger partial charge in [-0.25, -0.2) is 18.0 Å². The number of fused-ring (bicyclic) bond motifs is 1. The second-order valence-corrected chi connectivity index (χ2v) is 15.7. The minimum atomic E-state index is -4.47. The Morgan fingerprint density at radius 2 is 1.73 bits per heavy atom. The molecule has 5 rings (SSSR count). The van der Waals surface area contributed by atoms with E-state index in [9.17, 15) is 33.3 Å². The maximum Gasteiger partial charge on any atom is 0.412 e. The van der Waals surface area contributed by atoms with E-state index in [-0.39, 0.29) is 36.6 Å². The van der Waals surface area contributed by atoms with Crippen molar-refractivity contribution in [3.63, 3.8) is 0 Å². The zero-order chi connectivity index (χ0) is 32.9. The summed E-state index contributed by atoms with van der Waals surface area (Å²) in [5, 5.41) is 36.7. The number of thiophene rings is 1. The number of benzene rings is 2. The average molecular weight is 678 g/mol. The first-order valence-corrected chi connectivity index (χ1v) is 17.1. The summed E-state index contributed by atoms with van der Waals surface area (Å²) in [4.78, 5) is 25.8. The van der Waals surface area contributed by atoms with Crippen LogP contribution in [-0.2, 0) is 14.8 Å². The summed E-state index contributed by atoms with van der Waals surface area (Å²) in [6.45, 7) is 5.00. The van der Waals surface area contributed by atoms with E-state index in [1.807, 2.05) is 0 Å². The van der Waals surface area contributed by atoms with Crippen molar-refractivity contribution in [3.05, 3.63) is 58.4 Å². The van der Waals surface area contributed by atoms with Crippen molar-refractivity contribution < 1.29 is 38.1 Å². The highest BCUT2D eigenvalue weighted by Crippen LogP contribution is 2.50. The van der Waals surface area contributed by atoms with Gasteiger partial charge in [-0.2, -0.15) is 4.31 Å². The summed E-state index contributed by atoms with van der Waals surface area (Å²) >= 11 is 7.60. The molecule has 2 heterocycles. The molecule has 45 heavy (non-hydrogen) atoms. The third kappa shape index (κ3) is 6.17. The molecular weight excluding hydrogens is 642 g/mol. The molecule has 3 aromatic rings. The number of amides is 1. The van der Waals surface area contributed by atoms with Gasteiger partial charge < -0.3 is 25.0 Å². The first kappa shape index (κ1) is 33.2. The van der Waals surface area contributed by atoms with Crippen molar-refractivity contribution in [2.75, 3.05) is 17.3 Å². The first-order chi connectivity index (χ1) is 21.1. The van der Waals surface area contributed by atoms with E-state index in [1.165, 1.54) is 30.1 Å². The molecule has 0 radical (unpaired) electrons. The molecule has 4 N–H and O–H groups in total. The molecule has 11 nitrogen and oxygen atoms in total. The number of rotatable bonds is 5. The van der Waals surface area contributed by atoms with Gasteiger partial charge in [-0.15, -0.1) is 11.3 Å². The molecule has 2 aromatic carbocycles. The number of para-hydroxylation sites is 1. The summed E-state index contributed by atoms with van der Waals surface area (Å²) in [7, 11) is -3.21. The van der Waals surface area contributed by atoms with Crippen LogP contribution in [-0.4, -0.2) is 64.7 Å². The van der Waals surface area contributed by atoms with E-state index >= 15 is 0 Å². The number of hydrogen-bond donors (Lipinski definition) is 4. The standard InChI is InChI=1S/C31H36ClN3O8S2/c1-30(2,3)43-29(39)33-22-17-24(44-26(22)27(36)37)20-15-25-23(16-21(20)32)35(19-13-9-6-10-14-19)28(38)31(40,34(4)45(25,41)42)18-11-7-5-8-12-18/h6,9-10,13-18,28,38,40H,5,7-8,11-12H2,1-4H3,(H,33,39)(H,36,37)/t28?,31-/m1/s1. The van der Waals surface area contributed by atoms with Crippen LogP contribution in [0.15, 0.2) is 53.4 Å². The Balaban J connectivity index is 1.69. The highest BCUT2D eigenvalue weighted by molar-refractivity contribution is 7.89. The van der Waals surface area contributed by atoms with E-state index in [0.717, 1.165) is 34.9 Å². The van der Waals surface area contributed by atoms with E-state index in [2.05, 4.69) is 5.32 Å². The number of aliphatic hydroxyl groups excluding tert-OH is 1. The molecule has 14 heteroatoms. The van der Waals surface area contributed by atoms with Gasteiger partial charge in [0.2, 0.25) is 10.0 Å². The monoisotopic (exact) mass is 677 g/mol. The molecule has 1 amide bonds. The van der Waals surface area contributed by atoms with Gasteiger partial charge in [0.1, 0.15) is 15.4 Å². The minimum absolute atomic E-state index is 0.0446. The number of nitrogens with one attached hydrogen (secondary N) is 1. The minimum Gasteiger partial charge on any atom is -0.477 e. The Labute approximate surface area is 271 Å². The van der Waals surface area contributed by atoms with E-state index in [4.69, 9.17) is 16.3 Å². The lowest BCUT2D eigenvalue weighted by Gasteiger charge is -2.47. The van der Waals surface area contributed by atoms with Gasteiger partial charge in [-0.3, -0.25) is 5.32 Å². The van der Waals surface area contributed by atoms with Gasteiger partial charge in [0.25, 0.3) is 0 Å². The number of aliphatic hydroxyl groups is 2. The van der Waals surface area contributed by atoms with Gasteiger partial charge in [0.05, 0.1) is 16.4 Å². The van der Waals surface area contributed by atoms with Crippen LogP contribution in [0.4, 0.5) is 21.9 Å². The molecule has 0 spiro atoms. The third-order valence-electron chi connectivity index (χ3n) is 8.14. The number of aromatic carboxylic acids is 1. The largest absolute Gasteiger partial charge is 0.477 e. The summed E-state index contributed by atoms with van der Waals surface area (Å²) in [5.74, 6) is -1.86. The molecule has 2 atom stereocenters. The molecule has 1 fully saturated rings. The number of carbonyl (C=O) groups excluding carboxylic acids is 1. The molecule has 1 saturated carbocycles. The molecule has 1 aliphatic carbocycles. The number of hydrogen-bond acceptors (Lipinski definition) is 9. The summed E-state index contributed by atoms with van der Waals surface area (Å²) in [6, 6.07) is 12.7. The number of halogens is 1. The van der Waals surface area contributed by atoms with E-state index in [0.29, 0.717) is 18.5 Å². The van der Waals surface area contributed by atoms with Crippen molar-refractivity contribution >= 4 is 62.1 Å². The smallest absolute Gasteiger partial charge is 0.412 e. The van der Waals surface area contributed by atoms with Crippen LogP contribution in [0.2, 0.25) is 5.02 Å². The molecule has 1 unspecified atom stereocenters. The summed E-state index contributed by atoms with van der Waals surface area (Å²) < 4.78 is 34.9. The van der Waals surface area contributed by atoms with Crippen LogP contribution in [0.1, 0.15) is 62.5 Å². The Morgan fingerprint density at radius 3 is 2.33 bits per heavy atom. The first-order valence-electron chi connectivity index (χ1n) is 14.5. The van der Waals surface area contributed by atoms with Gasteiger partial charge in [-0.1, -0.05) is 49.1 Å². The van der Waals surface area contributed by atoms with Crippen molar-refractivity contribution in [1.29, 1.82) is 0 Å². The van der Waals surface area contributed by atoms with E-state index in [1.54, 1.807) is 51.1 Å². The SMILES string of the molecule is CN1[C@@](O)(C2CCCCC2)C(O)N(c2ccccc2)c2cc(Cl)c(-c3cc(NC(=O)OC(C)(C)C)c(C(=O)O)s3)cc2S1(=O)=O. The predicted molar refractivity (Wildman–Crippen MR) is 173 cm³/mol. The fourth-order valence-electron chi connectivity index (χ4n) is 6.00. The molecule has 0 bridgehead atoms. The third-order valence-corrected chi connectivity index (χ3v) is 11.5. The van der Waals surface area contributed by atoms with Crippen LogP contribution in [0.5, 0.6) is 0 Å².